The van der Waals surface area contributed by atoms with Crippen molar-refractivity contribution in [1.82, 2.24) is 0 Å². The molecule has 4 aromatic rings. The van der Waals surface area contributed by atoms with Crippen LogP contribution in [-0.2, 0) is 49.5 Å². The molecule has 0 spiro atoms. The van der Waals surface area contributed by atoms with Crippen LogP contribution in [0, 0.1) is 0 Å². The Bertz CT molecular complexity index is 1580. The van der Waals surface area contributed by atoms with Crippen LogP contribution in [0.2, 0.25) is 0 Å². The molecule has 2 aliphatic rings. The van der Waals surface area contributed by atoms with Gasteiger partial charge in [-0.3, -0.25) is 0 Å². The van der Waals surface area contributed by atoms with Crippen molar-refractivity contribution < 1.29 is 19.4 Å². The number of rotatable bonds is 4. The van der Waals surface area contributed by atoms with Crippen LogP contribution in [0.5, 0.6) is 0 Å². The average molecular weight is 632 g/mol. The molecule has 199 valence electrons. The summed E-state index contributed by atoms with van der Waals surface area (Å²) in [6.07, 6.45) is 2.88. The summed E-state index contributed by atoms with van der Waals surface area (Å²) >= 11 is -2.82. The number of benzene rings is 4. The molecule has 0 bridgehead atoms. The molecule has 39 heavy (non-hydrogen) atoms. The van der Waals surface area contributed by atoms with Crippen LogP contribution in [0.3, 0.4) is 0 Å². The van der Waals surface area contributed by atoms with Crippen LogP contribution in [0.15, 0.2) is 72.8 Å². The fourth-order valence-corrected chi connectivity index (χ4v) is 11.4. The fraction of sp³-hybridized carbons (Fsp3) is 0.333. The summed E-state index contributed by atoms with van der Waals surface area (Å²) in [4.78, 5) is 0. The molecule has 6 rings (SSSR count). The maximum atomic E-state index is 7.23. The van der Waals surface area contributed by atoms with Gasteiger partial charge in [-0.25, -0.2) is 0 Å². The van der Waals surface area contributed by atoms with Crippen molar-refractivity contribution in [2.75, 3.05) is 0 Å². The Morgan fingerprint density at radius 2 is 1.10 bits per heavy atom. The molecule has 0 amide bonds. The Morgan fingerprint density at radius 1 is 0.615 bits per heavy atom. The summed E-state index contributed by atoms with van der Waals surface area (Å²) in [7, 11) is 14.5. The first-order valence-electron chi connectivity index (χ1n) is 14.1. The van der Waals surface area contributed by atoms with E-state index in [4.69, 9.17) is 17.0 Å². The standard InChI is InChI=1S/C36H37.2ClH.Zr/c1-35(2,3)33-19-17-27-25-13-9-7-11-23(25)21-31(27)29(33)15-16-30-32-22-24-12-8-10-14-26(24)28(32)18-20-34(30)36(4,5)6;;;/h7-15,17-20H,16,21-22H2,1-6H3;2*1H;/q;;;+2/p-2. The zero-order valence-electron chi connectivity index (χ0n) is 23.9. The monoisotopic (exact) mass is 629 g/mol. The molecule has 4 aromatic carbocycles. The topological polar surface area (TPSA) is 0 Å². The van der Waals surface area contributed by atoms with Gasteiger partial charge in [0, 0.05) is 0 Å². The van der Waals surface area contributed by atoms with E-state index < -0.39 is 19.4 Å². The number of hydrogen-bond donors (Lipinski definition) is 0. The molecule has 0 nitrogen and oxygen atoms in total. The van der Waals surface area contributed by atoms with Gasteiger partial charge in [0.05, 0.1) is 0 Å². The predicted octanol–water partition coefficient (Wildman–Crippen LogP) is 10.6. The van der Waals surface area contributed by atoms with E-state index in [-0.39, 0.29) is 14.5 Å². The molecule has 0 radical (unpaired) electrons. The molecule has 1 unspecified atom stereocenters. The van der Waals surface area contributed by atoms with Crippen LogP contribution in [0.25, 0.3) is 22.3 Å². The SMILES string of the molecule is CC(C)(C)c1ccc2c(c1C[CH](c1c(C(C)(C)C)ccc3c1Cc1ccccc1-3)[Zr]([Cl])[Cl])Cc1ccccc1-2. The molecule has 0 saturated heterocycles. The van der Waals surface area contributed by atoms with Gasteiger partial charge in [0.15, 0.2) is 0 Å². The first-order chi connectivity index (χ1) is 18.4. The summed E-state index contributed by atoms with van der Waals surface area (Å²) < 4.78 is 0.186. The molecule has 0 saturated carbocycles. The third-order valence-corrected chi connectivity index (χ3v) is 14.4. The minimum absolute atomic E-state index is 0.00546. The van der Waals surface area contributed by atoms with Gasteiger partial charge in [-0.2, -0.15) is 0 Å². The maximum absolute atomic E-state index is 7.23. The van der Waals surface area contributed by atoms with Crippen LogP contribution in [-0.4, -0.2) is 0 Å². The molecule has 0 N–H and O–H groups in total. The van der Waals surface area contributed by atoms with E-state index in [2.05, 4.69) is 114 Å². The molecule has 0 fully saturated rings. The second-order valence-corrected chi connectivity index (χ2v) is 22.5. The molecular weight excluding hydrogens is 595 g/mol. The summed E-state index contributed by atoms with van der Waals surface area (Å²) in [5, 5.41) is 0. The van der Waals surface area contributed by atoms with Gasteiger partial charge < -0.3 is 0 Å². The molecule has 0 aromatic heterocycles. The fourth-order valence-electron chi connectivity index (χ4n) is 6.99. The van der Waals surface area contributed by atoms with E-state index in [0.29, 0.717) is 0 Å². The van der Waals surface area contributed by atoms with Crippen LogP contribution < -0.4 is 0 Å². The van der Waals surface area contributed by atoms with Crippen molar-refractivity contribution in [2.45, 2.75) is 75.3 Å². The van der Waals surface area contributed by atoms with Crippen molar-refractivity contribution in [2.24, 2.45) is 0 Å². The number of fused-ring (bicyclic) bond motifs is 6. The molecule has 1 atom stereocenters. The second kappa shape index (κ2) is 10.0. The normalized spacial score (nSPS) is 14.5. The third-order valence-electron chi connectivity index (χ3n) is 8.77. The van der Waals surface area contributed by atoms with Crippen molar-refractivity contribution in [3.05, 3.63) is 117 Å². The van der Waals surface area contributed by atoms with Gasteiger partial charge in [0.1, 0.15) is 0 Å². The van der Waals surface area contributed by atoms with Gasteiger partial charge in [-0.05, 0) is 0 Å². The molecule has 2 aliphatic carbocycles. The number of hydrogen-bond acceptors (Lipinski definition) is 0. The van der Waals surface area contributed by atoms with E-state index in [1.165, 1.54) is 66.8 Å². The van der Waals surface area contributed by atoms with E-state index in [9.17, 15) is 0 Å². The van der Waals surface area contributed by atoms with Gasteiger partial charge in [0.2, 0.25) is 0 Å². The van der Waals surface area contributed by atoms with E-state index in [1.807, 2.05) is 0 Å². The van der Waals surface area contributed by atoms with Crippen LogP contribution in [0.1, 0.15) is 89.7 Å². The Hall–Kier alpha value is -1.66. The van der Waals surface area contributed by atoms with Crippen LogP contribution in [0.4, 0.5) is 0 Å². The van der Waals surface area contributed by atoms with E-state index >= 15 is 0 Å². The first-order valence-corrected chi connectivity index (χ1v) is 21.9. The van der Waals surface area contributed by atoms with Gasteiger partial charge in [0.25, 0.3) is 0 Å². The van der Waals surface area contributed by atoms with Crippen molar-refractivity contribution >= 4 is 17.0 Å². The van der Waals surface area contributed by atoms with Crippen LogP contribution >= 0.6 is 17.0 Å². The van der Waals surface area contributed by atoms with Gasteiger partial charge >= 0.3 is 251 Å². The average Bonchev–Trinajstić information content (AvgIpc) is 3.44. The summed E-state index contributed by atoms with van der Waals surface area (Å²) in [6, 6.07) is 27.3. The summed E-state index contributed by atoms with van der Waals surface area (Å²) in [5.74, 6) is 0. The Labute approximate surface area is 249 Å². The van der Waals surface area contributed by atoms with Gasteiger partial charge in [-0.15, -0.1) is 0 Å². The minimum atomic E-state index is -2.82. The summed E-state index contributed by atoms with van der Waals surface area (Å²) in [6.45, 7) is 14.0. The van der Waals surface area contributed by atoms with E-state index in [1.54, 1.807) is 0 Å². The Kier molecular flexibility index (Phi) is 7.06. The van der Waals surface area contributed by atoms with Gasteiger partial charge in [-0.1, -0.05) is 0 Å². The quantitative estimate of drug-likeness (QED) is 0.182. The first kappa shape index (κ1) is 27.5. The van der Waals surface area contributed by atoms with E-state index in [0.717, 1.165) is 19.3 Å². The van der Waals surface area contributed by atoms with Crippen molar-refractivity contribution in [3.63, 3.8) is 0 Å². The molecular formula is C36H37Cl2Zr. The Balaban J connectivity index is 1.56. The molecule has 0 aliphatic heterocycles. The van der Waals surface area contributed by atoms with Crippen molar-refractivity contribution in [1.29, 1.82) is 0 Å². The third kappa shape index (κ3) is 4.82. The second-order valence-electron chi connectivity index (χ2n) is 13.4. The Morgan fingerprint density at radius 3 is 1.64 bits per heavy atom. The predicted molar refractivity (Wildman–Crippen MR) is 165 cm³/mol. The molecule has 3 heteroatoms. The van der Waals surface area contributed by atoms with Crippen molar-refractivity contribution in [3.8, 4) is 22.3 Å². The zero-order chi connectivity index (χ0) is 27.7. The molecule has 0 heterocycles. The zero-order valence-corrected chi connectivity index (χ0v) is 27.9. The number of halogens is 2. The summed E-state index contributed by atoms with van der Waals surface area (Å²) in [5.41, 5.74) is 17.1.